The minimum atomic E-state index is 0.278. The van der Waals surface area contributed by atoms with Crippen molar-refractivity contribution in [3.8, 4) is 0 Å². The predicted molar refractivity (Wildman–Crippen MR) is 213 cm³/mol. The summed E-state index contributed by atoms with van der Waals surface area (Å²) in [4.78, 5) is 2.66. The second-order valence-electron chi connectivity index (χ2n) is 14.7. The highest BCUT2D eigenvalue weighted by molar-refractivity contribution is 6.11. The number of anilines is 1. The molecular weight excluding hydrogens is 621 g/mol. The van der Waals surface area contributed by atoms with Crippen molar-refractivity contribution in [1.82, 2.24) is 4.57 Å². The molecule has 5 atom stereocenters. The smallest absolute Gasteiger partial charge is 0.158 e. The van der Waals surface area contributed by atoms with Crippen LogP contribution in [0.15, 0.2) is 168 Å². The van der Waals surface area contributed by atoms with Gasteiger partial charge in [0.25, 0.3) is 0 Å². The zero-order valence-corrected chi connectivity index (χ0v) is 28.4. The number of fused-ring (bicyclic) bond motifs is 9. The maximum absolute atomic E-state index is 6.58. The summed E-state index contributed by atoms with van der Waals surface area (Å²) in [5.74, 6) is 1.34. The molecule has 0 spiro atoms. The summed E-state index contributed by atoms with van der Waals surface area (Å²) >= 11 is 0. The van der Waals surface area contributed by atoms with E-state index in [0.29, 0.717) is 23.8 Å². The lowest BCUT2D eigenvalue weighted by Crippen LogP contribution is -2.37. The largest absolute Gasteiger partial charge is 0.454 e. The van der Waals surface area contributed by atoms with Crippen LogP contribution in [0.25, 0.3) is 55.0 Å². The lowest BCUT2D eigenvalue weighted by atomic mass is 9.78. The number of rotatable bonds is 4. The van der Waals surface area contributed by atoms with Crippen molar-refractivity contribution >= 4 is 60.7 Å². The first kappa shape index (κ1) is 29.0. The molecule has 1 aliphatic heterocycles. The van der Waals surface area contributed by atoms with Gasteiger partial charge in [-0.1, -0.05) is 127 Å². The molecule has 5 unspecified atom stereocenters. The van der Waals surface area contributed by atoms with Crippen molar-refractivity contribution in [3.05, 3.63) is 175 Å². The highest BCUT2D eigenvalue weighted by Crippen LogP contribution is 2.50. The predicted octanol–water partition coefficient (Wildman–Crippen LogP) is 12.1. The number of benzene rings is 5. The lowest BCUT2D eigenvalue weighted by Gasteiger charge is -2.32. The van der Waals surface area contributed by atoms with Crippen LogP contribution < -0.4 is 4.90 Å². The Labute approximate surface area is 297 Å². The molecular formula is C48H38N2O. The average Bonchev–Trinajstić information content (AvgIpc) is 3.86. The van der Waals surface area contributed by atoms with Gasteiger partial charge in [0.05, 0.1) is 28.8 Å². The Balaban J connectivity index is 0.984. The molecule has 246 valence electrons. The molecule has 0 amide bonds. The Hall–Kier alpha value is -5.80. The second-order valence-corrected chi connectivity index (χ2v) is 14.7. The fourth-order valence-corrected chi connectivity index (χ4v) is 9.77. The number of hydrogen-bond donors (Lipinski definition) is 0. The monoisotopic (exact) mass is 658 g/mol. The van der Waals surface area contributed by atoms with Crippen LogP contribution in [-0.2, 0) is 0 Å². The summed E-state index contributed by atoms with van der Waals surface area (Å²) in [6, 6.07) is 42.7. The van der Waals surface area contributed by atoms with Crippen molar-refractivity contribution in [3.63, 3.8) is 0 Å². The summed E-state index contributed by atoms with van der Waals surface area (Å²) in [5, 5.41) is 5.00. The van der Waals surface area contributed by atoms with E-state index in [0.717, 1.165) is 24.0 Å². The van der Waals surface area contributed by atoms with Gasteiger partial charge in [-0.15, -0.1) is 0 Å². The number of para-hydroxylation sites is 3. The van der Waals surface area contributed by atoms with Crippen molar-refractivity contribution < 1.29 is 4.42 Å². The fraction of sp³-hybridized carbons (Fsp3) is 0.167. The Bertz CT molecular complexity index is 2660. The maximum Gasteiger partial charge on any atom is 0.158 e. The Morgan fingerprint density at radius 3 is 2.43 bits per heavy atom. The highest BCUT2D eigenvalue weighted by Gasteiger charge is 2.48. The zero-order chi connectivity index (χ0) is 33.5. The van der Waals surface area contributed by atoms with Gasteiger partial charge in [-0.2, -0.15) is 0 Å². The molecule has 11 rings (SSSR count). The Morgan fingerprint density at radius 2 is 1.49 bits per heavy atom. The number of hydrogen-bond acceptors (Lipinski definition) is 2. The van der Waals surface area contributed by atoms with Crippen LogP contribution in [0, 0.1) is 11.8 Å². The number of aromatic nitrogens is 1. The molecule has 3 aliphatic carbocycles. The summed E-state index contributed by atoms with van der Waals surface area (Å²) in [6.45, 7) is 0. The van der Waals surface area contributed by atoms with Crippen molar-refractivity contribution in [1.29, 1.82) is 0 Å². The maximum atomic E-state index is 6.58. The summed E-state index contributed by atoms with van der Waals surface area (Å²) in [6.07, 6.45) is 22.5. The third-order valence-electron chi connectivity index (χ3n) is 12.1. The zero-order valence-electron chi connectivity index (χ0n) is 28.4. The van der Waals surface area contributed by atoms with Gasteiger partial charge in [-0.3, -0.25) is 0 Å². The van der Waals surface area contributed by atoms with Gasteiger partial charge in [0, 0.05) is 39.1 Å². The quantitative estimate of drug-likeness (QED) is 0.176. The van der Waals surface area contributed by atoms with E-state index in [2.05, 4.69) is 173 Å². The van der Waals surface area contributed by atoms with Gasteiger partial charge in [-0.25, -0.2) is 0 Å². The number of nitrogens with zero attached hydrogens (tertiary/aromatic N) is 2. The van der Waals surface area contributed by atoms with Gasteiger partial charge in [0.2, 0.25) is 0 Å². The summed E-state index contributed by atoms with van der Waals surface area (Å²) in [5.41, 5.74) is 11.0. The van der Waals surface area contributed by atoms with Crippen LogP contribution in [0.3, 0.4) is 0 Å². The molecule has 5 aromatic carbocycles. The van der Waals surface area contributed by atoms with Gasteiger partial charge in [0.15, 0.2) is 5.58 Å². The topological polar surface area (TPSA) is 21.3 Å². The van der Waals surface area contributed by atoms with Crippen LogP contribution >= 0.6 is 0 Å². The lowest BCUT2D eigenvalue weighted by molar-refractivity contribution is 0.400. The minimum Gasteiger partial charge on any atom is -0.454 e. The molecule has 0 saturated carbocycles. The molecule has 3 nitrogen and oxygen atoms in total. The van der Waals surface area contributed by atoms with Gasteiger partial charge < -0.3 is 13.9 Å². The average molecular weight is 659 g/mol. The van der Waals surface area contributed by atoms with Crippen molar-refractivity contribution in [2.24, 2.45) is 11.8 Å². The van der Waals surface area contributed by atoms with Crippen LogP contribution in [0.5, 0.6) is 0 Å². The van der Waals surface area contributed by atoms with E-state index in [9.17, 15) is 0 Å². The standard InChI is InChI=1S/C48H38N2O/c1-2-12-31(13-3-1)32-14-10-15-35(28-32)49-42-20-7-4-16-36(42)40-29-33(24-26-44(40)49)34-25-27-45-41(30-34)37-17-5-8-21-43(37)50(45)46-22-11-19-39-38-18-6-9-23-47(38)51-48(39)46/h1-4,6-16,18-27,29-30,32,37,41,43,45H,5,17,28H2. The van der Waals surface area contributed by atoms with Crippen molar-refractivity contribution in [2.45, 2.75) is 37.3 Å². The molecule has 3 heteroatoms. The molecule has 3 heterocycles. The first-order valence-electron chi connectivity index (χ1n) is 18.5. The van der Waals surface area contributed by atoms with E-state index in [4.69, 9.17) is 4.42 Å². The molecule has 51 heavy (non-hydrogen) atoms. The van der Waals surface area contributed by atoms with E-state index in [1.807, 2.05) is 0 Å². The number of furan rings is 1. The SMILES string of the molecule is C1=CC(c2ccccc2)CC(n2c3ccccc3c3cc(C4=CC5C6CCC=CC6N(c6cccc7c6oc6ccccc67)C5C=C4)ccc32)=C1. The van der Waals surface area contributed by atoms with E-state index >= 15 is 0 Å². The molecule has 0 radical (unpaired) electrons. The van der Waals surface area contributed by atoms with Gasteiger partial charge >= 0.3 is 0 Å². The van der Waals surface area contributed by atoms with Crippen LogP contribution in [0.4, 0.5) is 5.69 Å². The molecule has 0 bridgehead atoms. The van der Waals surface area contributed by atoms with Crippen LogP contribution in [0.2, 0.25) is 0 Å². The molecule has 1 fully saturated rings. The van der Waals surface area contributed by atoms with Gasteiger partial charge in [0.1, 0.15) is 5.58 Å². The van der Waals surface area contributed by atoms with E-state index in [1.165, 1.54) is 67.1 Å². The Morgan fingerprint density at radius 1 is 0.667 bits per heavy atom. The second kappa shape index (κ2) is 11.4. The molecule has 2 aromatic heterocycles. The van der Waals surface area contributed by atoms with E-state index in [-0.39, 0.29) is 6.04 Å². The van der Waals surface area contributed by atoms with Crippen molar-refractivity contribution in [2.75, 3.05) is 4.90 Å². The minimum absolute atomic E-state index is 0.278. The number of allylic oxidation sites excluding steroid dienone is 7. The van der Waals surface area contributed by atoms with Crippen LogP contribution in [0.1, 0.15) is 36.3 Å². The molecule has 7 aromatic rings. The first-order chi connectivity index (χ1) is 25.3. The Kier molecular flexibility index (Phi) is 6.46. The van der Waals surface area contributed by atoms with Crippen LogP contribution in [-0.4, -0.2) is 16.7 Å². The first-order valence-corrected chi connectivity index (χ1v) is 18.5. The normalized spacial score (nSPS) is 24.0. The third kappa shape index (κ3) is 4.44. The van der Waals surface area contributed by atoms with Gasteiger partial charge in [-0.05, 0) is 78.3 Å². The van der Waals surface area contributed by atoms with E-state index in [1.54, 1.807) is 0 Å². The summed E-state index contributed by atoms with van der Waals surface area (Å²) < 4.78 is 9.08. The summed E-state index contributed by atoms with van der Waals surface area (Å²) in [7, 11) is 0. The van der Waals surface area contributed by atoms with E-state index < -0.39 is 0 Å². The highest BCUT2D eigenvalue weighted by atomic mass is 16.3. The fourth-order valence-electron chi connectivity index (χ4n) is 9.77. The molecule has 4 aliphatic rings. The third-order valence-corrected chi connectivity index (χ3v) is 12.1. The molecule has 0 N–H and O–H groups in total. The molecule has 1 saturated heterocycles.